The molecule has 1 unspecified atom stereocenters. The highest BCUT2D eigenvalue weighted by Gasteiger charge is 2.24. The summed E-state index contributed by atoms with van der Waals surface area (Å²) in [5, 5.41) is 5.58. The van der Waals surface area contributed by atoms with Crippen LogP contribution in [0.4, 0.5) is 0 Å². The lowest BCUT2D eigenvalue weighted by molar-refractivity contribution is -0.120. The average Bonchev–Trinajstić information content (AvgIpc) is 2.61. The molecule has 1 aliphatic heterocycles. The summed E-state index contributed by atoms with van der Waals surface area (Å²) in [7, 11) is 0. The number of hydrogen-bond acceptors (Lipinski definition) is 4. The Labute approximate surface area is 157 Å². The lowest BCUT2D eigenvalue weighted by Crippen LogP contribution is -2.52. The van der Waals surface area contributed by atoms with Crippen LogP contribution in [0, 0.1) is 5.92 Å². The van der Waals surface area contributed by atoms with Gasteiger partial charge < -0.3 is 15.4 Å². The number of amides is 2. The summed E-state index contributed by atoms with van der Waals surface area (Å²) in [6.45, 7) is 8.11. The molecule has 1 fully saturated rings. The fraction of sp³-hybridized carbons (Fsp3) is 0.556. The standard InChI is InChI=1S/C18H26BrN3O3/c1-13(2)16(22-7-9-25-10-8-22)11-20-17(23)12-21-18(24)14-3-5-15(19)6-4-14/h3-6,13,16H,7-12H2,1-2H3,(H,20,23)(H,21,24). The van der Waals surface area contributed by atoms with Crippen LogP contribution in [0.2, 0.25) is 0 Å². The van der Waals surface area contributed by atoms with Crippen molar-refractivity contribution in [1.82, 2.24) is 15.5 Å². The Morgan fingerprint density at radius 2 is 1.80 bits per heavy atom. The van der Waals surface area contributed by atoms with Crippen LogP contribution in [0.25, 0.3) is 0 Å². The molecule has 1 aromatic rings. The van der Waals surface area contributed by atoms with Crippen LogP contribution in [0.3, 0.4) is 0 Å². The second-order valence-corrected chi connectivity index (χ2v) is 7.37. The molecular weight excluding hydrogens is 386 g/mol. The Balaban J connectivity index is 1.76. The smallest absolute Gasteiger partial charge is 0.251 e. The van der Waals surface area contributed by atoms with Gasteiger partial charge in [0, 0.05) is 35.7 Å². The van der Waals surface area contributed by atoms with E-state index in [4.69, 9.17) is 4.74 Å². The summed E-state index contributed by atoms with van der Waals surface area (Å²) in [4.78, 5) is 26.4. The van der Waals surface area contributed by atoms with Crippen molar-refractivity contribution in [2.45, 2.75) is 19.9 Å². The van der Waals surface area contributed by atoms with E-state index in [0.29, 0.717) is 18.0 Å². The fourth-order valence-electron chi connectivity index (χ4n) is 2.84. The Kier molecular flexibility index (Phi) is 7.87. The molecule has 0 saturated carbocycles. The third kappa shape index (κ3) is 6.41. The van der Waals surface area contributed by atoms with Gasteiger partial charge in [-0.15, -0.1) is 0 Å². The first-order chi connectivity index (χ1) is 12.0. The molecule has 2 amide bonds. The van der Waals surface area contributed by atoms with Gasteiger partial charge in [0.25, 0.3) is 5.91 Å². The SMILES string of the molecule is CC(C)C(CNC(=O)CNC(=O)c1ccc(Br)cc1)N1CCOCC1. The van der Waals surface area contributed by atoms with Crippen molar-refractivity contribution in [3.8, 4) is 0 Å². The first-order valence-corrected chi connectivity index (χ1v) is 9.39. The maximum absolute atomic E-state index is 12.1. The van der Waals surface area contributed by atoms with Crippen LogP contribution in [0.1, 0.15) is 24.2 Å². The number of carbonyl (C=O) groups is 2. The topological polar surface area (TPSA) is 70.7 Å². The van der Waals surface area contributed by atoms with Crippen molar-refractivity contribution >= 4 is 27.7 Å². The number of rotatable bonds is 7. The first kappa shape index (κ1) is 19.9. The fourth-order valence-corrected chi connectivity index (χ4v) is 3.10. The second-order valence-electron chi connectivity index (χ2n) is 6.45. The molecule has 25 heavy (non-hydrogen) atoms. The Hall–Kier alpha value is -1.44. The van der Waals surface area contributed by atoms with Gasteiger partial charge in [0.1, 0.15) is 0 Å². The van der Waals surface area contributed by atoms with E-state index in [9.17, 15) is 9.59 Å². The van der Waals surface area contributed by atoms with Crippen LogP contribution < -0.4 is 10.6 Å². The molecule has 0 aliphatic carbocycles. The van der Waals surface area contributed by atoms with Crippen molar-refractivity contribution in [1.29, 1.82) is 0 Å². The lowest BCUT2D eigenvalue weighted by Gasteiger charge is -2.36. The number of carbonyl (C=O) groups excluding carboxylic acids is 2. The molecule has 1 aromatic carbocycles. The molecule has 1 aliphatic rings. The number of ether oxygens (including phenoxy) is 1. The van der Waals surface area contributed by atoms with Gasteiger partial charge in [0.05, 0.1) is 19.8 Å². The van der Waals surface area contributed by atoms with Gasteiger partial charge in [-0.1, -0.05) is 29.8 Å². The van der Waals surface area contributed by atoms with E-state index in [1.54, 1.807) is 24.3 Å². The van der Waals surface area contributed by atoms with Gasteiger partial charge >= 0.3 is 0 Å². The largest absolute Gasteiger partial charge is 0.379 e. The summed E-state index contributed by atoms with van der Waals surface area (Å²) < 4.78 is 6.30. The minimum absolute atomic E-state index is 0.0250. The Morgan fingerprint density at radius 1 is 1.16 bits per heavy atom. The van der Waals surface area contributed by atoms with E-state index in [2.05, 4.69) is 45.3 Å². The third-order valence-corrected chi connectivity index (χ3v) is 4.84. The molecule has 0 bridgehead atoms. The second kappa shape index (κ2) is 9.89. The maximum Gasteiger partial charge on any atom is 0.251 e. The molecule has 0 spiro atoms. The minimum Gasteiger partial charge on any atom is -0.379 e. The minimum atomic E-state index is -0.253. The molecule has 1 heterocycles. The zero-order valence-corrected chi connectivity index (χ0v) is 16.3. The molecule has 2 rings (SSSR count). The first-order valence-electron chi connectivity index (χ1n) is 8.59. The highest BCUT2D eigenvalue weighted by Crippen LogP contribution is 2.12. The molecular formula is C18H26BrN3O3. The van der Waals surface area contributed by atoms with Gasteiger partial charge in [-0.05, 0) is 30.2 Å². The molecule has 1 atom stereocenters. The van der Waals surface area contributed by atoms with E-state index in [-0.39, 0.29) is 24.4 Å². The van der Waals surface area contributed by atoms with E-state index in [1.807, 2.05) is 0 Å². The Bertz CT molecular complexity index is 571. The van der Waals surface area contributed by atoms with Crippen molar-refractivity contribution in [3.05, 3.63) is 34.3 Å². The summed E-state index contributed by atoms with van der Waals surface area (Å²) >= 11 is 3.33. The maximum atomic E-state index is 12.1. The number of benzene rings is 1. The van der Waals surface area contributed by atoms with E-state index in [0.717, 1.165) is 30.8 Å². The quantitative estimate of drug-likeness (QED) is 0.715. The number of nitrogens with one attached hydrogen (secondary N) is 2. The van der Waals surface area contributed by atoms with Gasteiger partial charge in [0.15, 0.2) is 0 Å². The zero-order chi connectivity index (χ0) is 18.2. The molecule has 0 radical (unpaired) electrons. The summed E-state index contributed by atoms with van der Waals surface area (Å²) in [6.07, 6.45) is 0. The van der Waals surface area contributed by atoms with E-state index in [1.165, 1.54) is 0 Å². The van der Waals surface area contributed by atoms with Gasteiger partial charge in [-0.3, -0.25) is 14.5 Å². The normalized spacial score (nSPS) is 16.5. The van der Waals surface area contributed by atoms with Crippen LogP contribution in [0.15, 0.2) is 28.7 Å². The number of hydrogen-bond donors (Lipinski definition) is 2. The summed E-state index contributed by atoms with van der Waals surface area (Å²) in [5.74, 6) is -0.00336. The predicted molar refractivity (Wildman–Crippen MR) is 101 cm³/mol. The average molecular weight is 412 g/mol. The van der Waals surface area contributed by atoms with Gasteiger partial charge in [-0.25, -0.2) is 0 Å². The number of nitrogens with zero attached hydrogens (tertiary/aromatic N) is 1. The van der Waals surface area contributed by atoms with E-state index < -0.39 is 0 Å². The number of morpholine rings is 1. The van der Waals surface area contributed by atoms with Crippen molar-refractivity contribution in [2.75, 3.05) is 39.4 Å². The third-order valence-electron chi connectivity index (χ3n) is 4.31. The van der Waals surface area contributed by atoms with Crippen molar-refractivity contribution < 1.29 is 14.3 Å². The van der Waals surface area contributed by atoms with Gasteiger partial charge in [-0.2, -0.15) is 0 Å². The summed E-state index contributed by atoms with van der Waals surface area (Å²) in [6, 6.07) is 7.29. The van der Waals surface area contributed by atoms with Crippen LogP contribution in [0.5, 0.6) is 0 Å². The predicted octanol–water partition coefficient (Wildman–Crippen LogP) is 1.65. The van der Waals surface area contributed by atoms with E-state index >= 15 is 0 Å². The van der Waals surface area contributed by atoms with Crippen molar-refractivity contribution in [3.63, 3.8) is 0 Å². The molecule has 1 saturated heterocycles. The van der Waals surface area contributed by atoms with Crippen LogP contribution in [-0.4, -0.2) is 62.1 Å². The van der Waals surface area contributed by atoms with Crippen molar-refractivity contribution in [2.24, 2.45) is 5.92 Å². The molecule has 7 heteroatoms. The van der Waals surface area contributed by atoms with Gasteiger partial charge in [0.2, 0.25) is 5.91 Å². The number of halogens is 1. The highest BCUT2D eigenvalue weighted by molar-refractivity contribution is 9.10. The molecule has 2 N–H and O–H groups in total. The van der Waals surface area contributed by atoms with Crippen LogP contribution in [-0.2, 0) is 9.53 Å². The summed E-state index contributed by atoms with van der Waals surface area (Å²) in [5.41, 5.74) is 0.532. The monoisotopic (exact) mass is 411 g/mol. The lowest BCUT2D eigenvalue weighted by atomic mass is 10.0. The Morgan fingerprint density at radius 3 is 2.40 bits per heavy atom. The zero-order valence-electron chi connectivity index (χ0n) is 14.8. The van der Waals surface area contributed by atoms with Crippen LogP contribution >= 0.6 is 15.9 Å². The molecule has 6 nitrogen and oxygen atoms in total. The highest BCUT2D eigenvalue weighted by atomic mass is 79.9. The molecule has 138 valence electrons. The molecule has 0 aromatic heterocycles.